The summed E-state index contributed by atoms with van der Waals surface area (Å²) in [6, 6.07) is 27.5. The van der Waals surface area contributed by atoms with E-state index >= 15 is 0 Å². The molecule has 0 saturated carbocycles. The molecular formula is C38H39FN4O4. The summed E-state index contributed by atoms with van der Waals surface area (Å²) >= 11 is 0. The summed E-state index contributed by atoms with van der Waals surface area (Å²) in [6.07, 6.45) is 0.910. The number of nitrogens with one attached hydrogen (secondary N) is 1. The van der Waals surface area contributed by atoms with Gasteiger partial charge in [-0.3, -0.25) is 4.79 Å². The minimum Gasteiger partial charge on any atom is -0.494 e. The molecule has 242 valence electrons. The van der Waals surface area contributed by atoms with Gasteiger partial charge in [0, 0.05) is 36.3 Å². The highest BCUT2D eigenvalue weighted by Gasteiger charge is 2.23. The number of aryl methyl sites for hydroxylation is 1. The van der Waals surface area contributed by atoms with Gasteiger partial charge in [-0.25, -0.2) is 9.37 Å². The molecule has 3 N–H and O–H groups in total. The van der Waals surface area contributed by atoms with Crippen molar-refractivity contribution >= 4 is 5.91 Å². The third-order valence-corrected chi connectivity index (χ3v) is 8.35. The molecule has 47 heavy (non-hydrogen) atoms. The first-order valence-corrected chi connectivity index (χ1v) is 15.8. The number of rotatable bonds is 14. The monoisotopic (exact) mass is 634 g/mol. The SMILES string of the molecule is COc1ccc(-c2c(C)nc(-c3ccc4c(c3)-c3ccccc3C4)n2Cc2ccc(C(=O)NCCOCCOCCN)cc2)cc1F. The van der Waals surface area contributed by atoms with Crippen LogP contribution >= 0.6 is 0 Å². The molecule has 1 aromatic heterocycles. The van der Waals surface area contributed by atoms with Gasteiger partial charge >= 0.3 is 0 Å². The molecule has 9 heteroatoms. The average molecular weight is 635 g/mol. The van der Waals surface area contributed by atoms with E-state index < -0.39 is 5.82 Å². The van der Waals surface area contributed by atoms with Crippen molar-refractivity contribution in [1.29, 1.82) is 0 Å². The largest absolute Gasteiger partial charge is 0.494 e. The summed E-state index contributed by atoms with van der Waals surface area (Å²) < 4.78 is 33.0. The van der Waals surface area contributed by atoms with Crippen molar-refractivity contribution in [2.75, 3.05) is 46.6 Å². The van der Waals surface area contributed by atoms with E-state index in [1.807, 2.05) is 37.3 Å². The zero-order valence-corrected chi connectivity index (χ0v) is 26.7. The molecule has 0 spiro atoms. The normalized spacial score (nSPS) is 11.7. The first-order chi connectivity index (χ1) is 23.0. The van der Waals surface area contributed by atoms with Gasteiger partial charge in [0.05, 0.1) is 44.9 Å². The number of amides is 1. The number of nitrogens with two attached hydrogens (primary N) is 1. The molecule has 1 aliphatic carbocycles. The number of halogens is 1. The number of nitrogens with zero attached hydrogens (tertiary/aromatic N) is 2. The van der Waals surface area contributed by atoms with Gasteiger partial charge in [-0.1, -0.05) is 48.5 Å². The maximum Gasteiger partial charge on any atom is 0.251 e. The van der Waals surface area contributed by atoms with Gasteiger partial charge in [0.1, 0.15) is 5.82 Å². The summed E-state index contributed by atoms with van der Waals surface area (Å²) in [5.41, 5.74) is 15.3. The molecule has 0 aliphatic heterocycles. The second-order valence-electron chi connectivity index (χ2n) is 11.5. The van der Waals surface area contributed by atoms with Crippen LogP contribution in [0, 0.1) is 12.7 Å². The topological polar surface area (TPSA) is 101 Å². The molecule has 0 unspecified atom stereocenters. The number of ether oxygens (including phenoxy) is 3. The average Bonchev–Trinajstić information content (AvgIpc) is 3.62. The van der Waals surface area contributed by atoms with Crippen LogP contribution in [0.4, 0.5) is 4.39 Å². The Labute approximate surface area is 274 Å². The molecule has 0 saturated heterocycles. The lowest BCUT2D eigenvalue weighted by Gasteiger charge is -2.15. The van der Waals surface area contributed by atoms with Gasteiger partial charge in [-0.2, -0.15) is 0 Å². The number of carbonyl (C=O) groups is 1. The zero-order valence-electron chi connectivity index (χ0n) is 26.7. The van der Waals surface area contributed by atoms with E-state index in [2.05, 4.69) is 52.3 Å². The van der Waals surface area contributed by atoms with E-state index in [-0.39, 0.29) is 11.7 Å². The van der Waals surface area contributed by atoms with Crippen LogP contribution in [0.15, 0.2) is 84.9 Å². The predicted molar refractivity (Wildman–Crippen MR) is 181 cm³/mol. The van der Waals surface area contributed by atoms with Gasteiger partial charge < -0.3 is 29.8 Å². The van der Waals surface area contributed by atoms with Gasteiger partial charge in [0.2, 0.25) is 0 Å². The zero-order chi connectivity index (χ0) is 32.8. The quantitative estimate of drug-likeness (QED) is 0.142. The highest BCUT2D eigenvalue weighted by atomic mass is 19.1. The van der Waals surface area contributed by atoms with Crippen molar-refractivity contribution < 1.29 is 23.4 Å². The molecule has 6 rings (SSSR count). The Hall–Kier alpha value is -4.83. The lowest BCUT2D eigenvalue weighted by molar-refractivity contribution is 0.0511. The summed E-state index contributed by atoms with van der Waals surface area (Å²) in [6.45, 7) is 5.10. The number of benzene rings is 4. The molecule has 8 nitrogen and oxygen atoms in total. The minimum absolute atomic E-state index is 0.175. The van der Waals surface area contributed by atoms with Crippen molar-refractivity contribution in [3.8, 4) is 39.5 Å². The molecule has 0 bridgehead atoms. The van der Waals surface area contributed by atoms with Crippen LogP contribution in [-0.4, -0.2) is 62.1 Å². The predicted octanol–water partition coefficient (Wildman–Crippen LogP) is 6.01. The Morgan fingerprint density at radius 3 is 2.40 bits per heavy atom. The fourth-order valence-electron chi connectivity index (χ4n) is 6.08. The van der Waals surface area contributed by atoms with Gasteiger partial charge in [0.25, 0.3) is 5.91 Å². The lowest BCUT2D eigenvalue weighted by atomic mass is 10.0. The van der Waals surface area contributed by atoms with Crippen molar-refractivity contribution in [2.45, 2.75) is 19.9 Å². The summed E-state index contributed by atoms with van der Waals surface area (Å²) in [5.74, 6) is 0.364. The second-order valence-corrected chi connectivity index (χ2v) is 11.5. The van der Waals surface area contributed by atoms with E-state index in [0.717, 1.165) is 34.8 Å². The van der Waals surface area contributed by atoms with E-state index in [1.165, 1.54) is 35.4 Å². The maximum atomic E-state index is 15.0. The van der Waals surface area contributed by atoms with Crippen LogP contribution in [-0.2, 0) is 22.4 Å². The molecule has 1 amide bonds. The molecule has 1 aliphatic rings. The van der Waals surface area contributed by atoms with Crippen molar-refractivity contribution in [1.82, 2.24) is 14.9 Å². The third-order valence-electron chi connectivity index (χ3n) is 8.35. The van der Waals surface area contributed by atoms with Gasteiger partial charge in [0.15, 0.2) is 11.6 Å². The standard InChI is InChI=1S/C38H39FN4O4/c1-25-36(30-13-14-35(45-2)34(39)23-30)43(37(42-25)31-12-11-29-21-28-5-3-4-6-32(28)33(29)22-31)24-26-7-9-27(10-8-26)38(44)41-16-18-47-20-19-46-17-15-40/h3-14,22-23H,15-21,24,40H2,1-2H3,(H,41,44). The first-order valence-electron chi connectivity index (χ1n) is 15.8. The number of imidazole rings is 1. The van der Waals surface area contributed by atoms with Gasteiger partial charge in [-0.15, -0.1) is 0 Å². The van der Waals surface area contributed by atoms with Crippen LogP contribution in [0.25, 0.3) is 33.8 Å². The number of methoxy groups -OCH3 is 1. The molecule has 0 fully saturated rings. The first kappa shape index (κ1) is 32.1. The van der Waals surface area contributed by atoms with E-state index in [1.54, 1.807) is 6.07 Å². The molecule has 0 atom stereocenters. The Morgan fingerprint density at radius 2 is 1.64 bits per heavy atom. The van der Waals surface area contributed by atoms with Crippen LogP contribution in [0.2, 0.25) is 0 Å². The van der Waals surface area contributed by atoms with Crippen molar-refractivity contribution in [3.05, 3.63) is 119 Å². The number of hydrogen-bond acceptors (Lipinski definition) is 6. The summed E-state index contributed by atoms with van der Waals surface area (Å²) in [5, 5.41) is 2.89. The molecule has 5 aromatic rings. The highest BCUT2D eigenvalue weighted by Crippen LogP contribution is 2.40. The Morgan fingerprint density at radius 1 is 0.894 bits per heavy atom. The Kier molecular flexibility index (Phi) is 10.1. The fourth-order valence-corrected chi connectivity index (χ4v) is 6.08. The highest BCUT2D eigenvalue weighted by molar-refractivity contribution is 5.94. The van der Waals surface area contributed by atoms with E-state index in [0.29, 0.717) is 57.2 Å². The Bertz CT molecular complexity index is 1870. The molecule has 4 aromatic carbocycles. The van der Waals surface area contributed by atoms with Crippen LogP contribution < -0.4 is 15.8 Å². The Balaban J connectivity index is 1.26. The minimum atomic E-state index is -0.437. The third kappa shape index (κ3) is 7.12. The fraction of sp³-hybridized carbons (Fsp3) is 0.263. The van der Waals surface area contributed by atoms with Crippen molar-refractivity contribution in [3.63, 3.8) is 0 Å². The summed E-state index contributed by atoms with van der Waals surface area (Å²) in [4.78, 5) is 17.8. The summed E-state index contributed by atoms with van der Waals surface area (Å²) in [7, 11) is 1.46. The van der Waals surface area contributed by atoms with Crippen LogP contribution in [0.5, 0.6) is 5.75 Å². The molecule has 0 radical (unpaired) electrons. The second kappa shape index (κ2) is 14.7. The maximum absolute atomic E-state index is 15.0. The van der Waals surface area contributed by atoms with Gasteiger partial charge in [-0.05, 0) is 77.6 Å². The number of aromatic nitrogens is 2. The van der Waals surface area contributed by atoms with E-state index in [9.17, 15) is 9.18 Å². The number of fused-ring (bicyclic) bond motifs is 3. The van der Waals surface area contributed by atoms with Crippen LogP contribution in [0.3, 0.4) is 0 Å². The van der Waals surface area contributed by atoms with Crippen molar-refractivity contribution in [2.24, 2.45) is 5.73 Å². The number of hydrogen-bond donors (Lipinski definition) is 2. The smallest absolute Gasteiger partial charge is 0.251 e. The van der Waals surface area contributed by atoms with Crippen LogP contribution in [0.1, 0.15) is 32.7 Å². The molecule has 1 heterocycles. The molecular weight excluding hydrogens is 595 g/mol. The van der Waals surface area contributed by atoms with E-state index in [4.69, 9.17) is 24.9 Å². The lowest BCUT2D eigenvalue weighted by Crippen LogP contribution is -2.27. The number of carbonyl (C=O) groups excluding carboxylic acids is 1.